The van der Waals surface area contributed by atoms with E-state index in [0.29, 0.717) is 25.8 Å². The van der Waals surface area contributed by atoms with Crippen LogP contribution in [0.4, 0.5) is 5.69 Å². The minimum atomic E-state index is -0.218. The van der Waals surface area contributed by atoms with Gasteiger partial charge in [-0.15, -0.1) is 0 Å². The second-order valence-electron chi connectivity index (χ2n) is 4.17. The lowest BCUT2D eigenvalue weighted by atomic mass is 10.1. The summed E-state index contributed by atoms with van der Waals surface area (Å²) in [4.78, 5) is 22.5. The minimum Gasteiger partial charge on any atom is -0.469 e. The van der Waals surface area contributed by atoms with E-state index >= 15 is 0 Å². The number of hydrogen-bond donors (Lipinski definition) is 2. The molecule has 0 aliphatic rings. The van der Waals surface area contributed by atoms with Gasteiger partial charge in [-0.05, 0) is 31.2 Å². The molecule has 0 radical (unpaired) electrons. The standard InChI is InChI=1S/C14H20N2O3/c1-15-10-9-13(17)16-12-6-3-11(4-7-12)5-8-14(18)19-2/h3-4,6-7,15H,5,8-10H2,1-2H3,(H,16,17). The van der Waals surface area contributed by atoms with E-state index < -0.39 is 0 Å². The second kappa shape index (κ2) is 8.26. The molecule has 1 aromatic rings. The van der Waals surface area contributed by atoms with Crippen LogP contribution in [0.3, 0.4) is 0 Å². The molecule has 0 aliphatic heterocycles. The summed E-state index contributed by atoms with van der Waals surface area (Å²) in [6.45, 7) is 0.656. The maximum absolute atomic E-state index is 11.5. The van der Waals surface area contributed by atoms with E-state index in [1.807, 2.05) is 31.3 Å². The number of hydrogen-bond acceptors (Lipinski definition) is 4. The number of nitrogens with one attached hydrogen (secondary N) is 2. The molecule has 0 saturated carbocycles. The van der Waals surface area contributed by atoms with Gasteiger partial charge in [0.05, 0.1) is 7.11 Å². The van der Waals surface area contributed by atoms with Gasteiger partial charge in [0.25, 0.3) is 0 Å². The highest BCUT2D eigenvalue weighted by Gasteiger charge is 2.03. The Hall–Kier alpha value is -1.88. The molecule has 0 saturated heterocycles. The predicted octanol–water partition coefficient (Wildman–Crippen LogP) is 1.34. The van der Waals surface area contributed by atoms with Crippen LogP contribution in [-0.2, 0) is 20.7 Å². The first-order valence-electron chi connectivity index (χ1n) is 6.26. The number of rotatable bonds is 7. The van der Waals surface area contributed by atoms with E-state index in [9.17, 15) is 9.59 Å². The number of amides is 1. The molecule has 1 rings (SSSR count). The molecule has 0 spiro atoms. The van der Waals surface area contributed by atoms with Crippen molar-refractivity contribution in [1.29, 1.82) is 0 Å². The van der Waals surface area contributed by atoms with Gasteiger partial charge in [-0.1, -0.05) is 12.1 Å². The molecular weight excluding hydrogens is 244 g/mol. The van der Waals surface area contributed by atoms with Crippen LogP contribution in [0.2, 0.25) is 0 Å². The van der Waals surface area contributed by atoms with E-state index in [-0.39, 0.29) is 11.9 Å². The molecule has 0 heterocycles. The molecule has 2 N–H and O–H groups in total. The zero-order chi connectivity index (χ0) is 14.1. The van der Waals surface area contributed by atoms with E-state index in [2.05, 4.69) is 15.4 Å². The van der Waals surface area contributed by atoms with Gasteiger partial charge in [0.1, 0.15) is 0 Å². The van der Waals surface area contributed by atoms with E-state index in [1.165, 1.54) is 7.11 Å². The zero-order valence-corrected chi connectivity index (χ0v) is 11.4. The number of esters is 1. The molecule has 0 unspecified atom stereocenters. The average molecular weight is 264 g/mol. The minimum absolute atomic E-state index is 0.0170. The smallest absolute Gasteiger partial charge is 0.305 e. The highest BCUT2D eigenvalue weighted by molar-refractivity contribution is 5.90. The van der Waals surface area contributed by atoms with Gasteiger partial charge in [-0.2, -0.15) is 0 Å². The molecular formula is C14H20N2O3. The molecule has 5 heteroatoms. The van der Waals surface area contributed by atoms with Crippen molar-refractivity contribution < 1.29 is 14.3 Å². The molecule has 0 fully saturated rings. The summed E-state index contributed by atoms with van der Waals surface area (Å²) in [6.07, 6.45) is 1.45. The first-order valence-corrected chi connectivity index (χ1v) is 6.26. The fourth-order valence-electron chi connectivity index (χ4n) is 1.57. The third-order valence-electron chi connectivity index (χ3n) is 2.69. The Morgan fingerprint density at radius 3 is 2.42 bits per heavy atom. The molecule has 0 bridgehead atoms. The van der Waals surface area contributed by atoms with Crippen molar-refractivity contribution in [3.63, 3.8) is 0 Å². The van der Waals surface area contributed by atoms with Crippen LogP contribution in [0.5, 0.6) is 0 Å². The summed E-state index contributed by atoms with van der Waals surface area (Å²) in [7, 11) is 3.19. The number of methoxy groups -OCH3 is 1. The highest BCUT2D eigenvalue weighted by atomic mass is 16.5. The third kappa shape index (κ3) is 6.01. The monoisotopic (exact) mass is 264 g/mol. The van der Waals surface area contributed by atoms with Crippen molar-refractivity contribution >= 4 is 17.6 Å². The molecule has 0 aliphatic carbocycles. The number of anilines is 1. The van der Waals surface area contributed by atoms with Crippen LogP contribution in [0.25, 0.3) is 0 Å². The van der Waals surface area contributed by atoms with Gasteiger partial charge in [-0.3, -0.25) is 9.59 Å². The largest absolute Gasteiger partial charge is 0.469 e. The summed E-state index contributed by atoms with van der Waals surface area (Å²) >= 11 is 0. The lowest BCUT2D eigenvalue weighted by Crippen LogP contribution is -2.18. The average Bonchev–Trinajstić information content (AvgIpc) is 2.44. The van der Waals surface area contributed by atoms with Crippen molar-refractivity contribution in [2.75, 3.05) is 26.0 Å². The lowest BCUT2D eigenvalue weighted by molar-refractivity contribution is -0.140. The number of carbonyl (C=O) groups excluding carboxylic acids is 2. The lowest BCUT2D eigenvalue weighted by Gasteiger charge is -2.06. The van der Waals surface area contributed by atoms with Gasteiger partial charge >= 0.3 is 5.97 Å². The molecule has 5 nitrogen and oxygen atoms in total. The van der Waals surface area contributed by atoms with E-state index in [4.69, 9.17) is 0 Å². The first kappa shape index (κ1) is 15.2. The van der Waals surface area contributed by atoms with Crippen molar-refractivity contribution in [3.8, 4) is 0 Å². The maximum atomic E-state index is 11.5. The van der Waals surface area contributed by atoms with Crippen molar-refractivity contribution in [2.24, 2.45) is 0 Å². The molecule has 1 amide bonds. The SMILES string of the molecule is CNCCC(=O)Nc1ccc(CCC(=O)OC)cc1. The topological polar surface area (TPSA) is 67.4 Å². The van der Waals surface area contributed by atoms with Crippen LogP contribution in [-0.4, -0.2) is 32.6 Å². The number of carbonyl (C=O) groups is 2. The summed E-state index contributed by atoms with van der Waals surface area (Å²) in [5.74, 6) is -0.235. The Morgan fingerprint density at radius 1 is 1.16 bits per heavy atom. The van der Waals surface area contributed by atoms with Gasteiger partial charge < -0.3 is 15.4 Å². The zero-order valence-electron chi connectivity index (χ0n) is 11.4. The molecule has 104 valence electrons. The van der Waals surface area contributed by atoms with Crippen LogP contribution in [0.15, 0.2) is 24.3 Å². The quantitative estimate of drug-likeness (QED) is 0.729. The summed E-state index contributed by atoms with van der Waals surface area (Å²) < 4.78 is 4.58. The van der Waals surface area contributed by atoms with Gasteiger partial charge in [-0.25, -0.2) is 0 Å². The molecule has 1 aromatic carbocycles. The second-order valence-corrected chi connectivity index (χ2v) is 4.17. The summed E-state index contributed by atoms with van der Waals surface area (Å²) in [6, 6.07) is 7.47. The van der Waals surface area contributed by atoms with Crippen molar-refractivity contribution in [2.45, 2.75) is 19.3 Å². The summed E-state index contributed by atoms with van der Waals surface area (Å²) in [5.41, 5.74) is 1.81. The first-order chi connectivity index (χ1) is 9.15. The fourth-order valence-corrected chi connectivity index (χ4v) is 1.57. The third-order valence-corrected chi connectivity index (χ3v) is 2.69. The molecule has 0 atom stereocenters. The Morgan fingerprint density at radius 2 is 1.84 bits per heavy atom. The Balaban J connectivity index is 2.43. The maximum Gasteiger partial charge on any atom is 0.305 e. The summed E-state index contributed by atoms with van der Waals surface area (Å²) in [5, 5.41) is 5.73. The van der Waals surface area contributed by atoms with Crippen LogP contribution < -0.4 is 10.6 Å². The Kier molecular flexibility index (Phi) is 6.60. The molecule has 19 heavy (non-hydrogen) atoms. The predicted molar refractivity (Wildman–Crippen MR) is 74.0 cm³/mol. The van der Waals surface area contributed by atoms with E-state index in [0.717, 1.165) is 11.3 Å². The fraction of sp³-hybridized carbons (Fsp3) is 0.429. The normalized spacial score (nSPS) is 10.0. The van der Waals surface area contributed by atoms with Crippen molar-refractivity contribution in [1.82, 2.24) is 5.32 Å². The Labute approximate surface area is 113 Å². The van der Waals surface area contributed by atoms with Gasteiger partial charge in [0, 0.05) is 25.1 Å². The van der Waals surface area contributed by atoms with Crippen LogP contribution >= 0.6 is 0 Å². The number of ether oxygens (including phenoxy) is 1. The number of aryl methyl sites for hydroxylation is 1. The Bertz CT molecular complexity index is 415. The van der Waals surface area contributed by atoms with Crippen molar-refractivity contribution in [3.05, 3.63) is 29.8 Å². The number of benzene rings is 1. The van der Waals surface area contributed by atoms with Gasteiger partial charge in [0.15, 0.2) is 0 Å². The van der Waals surface area contributed by atoms with Gasteiger partial charge in [0.2, 0.25) is 5.91 Å². The van der Waals surface area contributed by atoms with Crippen LogP contribution in [0, 0.1) is 0 Å². The van der Waals surface area contributed by atoms with E-state index in [1.54, 1.807) is 0 Å². The highest BCUT2D eigenvalue weighted by Crippen LogP contribution is 2.11. The molecule has 0 aromatic heterocycles. The van der Waals surface area contributed by atoms with Crippen LogP contribution in [0.1, 0.15) is 18.4 Å².